The molecule has 0 unspecified atom stereocenters. The number of nitrogens with zero attached hydrogens (tertiary/aromatic N) is 1. The molecule has 5 heteroatoms. The molecular formula is C20H15FN2O2. The van der Waals surface area contributed by atoms with Crippen LogP contribution in [0.25, 0.3) is 16.5 Å². The van der Waals surface area contributed by atoms with Gasteiger partial charge in [-0.25, -0.2) is 9.18 Å². The van der Waals surface area contributed by atoms with Crippen LogP contribution < -0.4 is 0 Å². The Labute approximate surface area is 144 Å². The van der Waals surface area contributed by atoms with Crippen LogP contribution in [0.4, 0.5) is 4.39 Å². The van der Waals surface area contributed by atoms with Crippen molar-refractivity contribution in [2.75, 3.05) is 6.61 Å². The summed E-state index contributed by atoms with van der Waals surface area (Å²) in [6.07, 6.45) is 2.81. The maximum absolute atomic E-state index is 14.5. The van der Waals surface area contributed by atoms with Gasteiger partial charge in [-0.3, -0.25) is 0 Å². The fraction of sp³-hybridized carbons (Fsp3) is 0.100. The van der Waals surface area contributed by atoms with E-state index >= 15 is 0 Å². The normalized spacial score (nSPS) is 11.3. The molecule has 0 atom stereocenters. The zero-order valence-electron chi connectivity index (χ0n) is 13.5. The van der Waals surface area contributed by atoms with Gasteiger partial charge >= 0.3 is 5.97 Å². The van der Waals surface area contributed by atoms with Crippen molar-refractivity contribution in [2.24, 2.45) is 0 Å². The smallest absolute Gasteiger partial charge is 0.331 e. The van der Waals surface area contributed by atoms with Gasteiger partial charge in [0.15, 0.2) is 0 Å². The number of fused-ring (bicyclic) bond motifs is 1. The lowest BCUT2D eigenvalue weighted by molar-refractivity contribution is -0.137. The number of nitriles is 1. The van der Waals surface area contributed by atoms with Crippen molar-refractivity contribution in [1.29, 1.82) is 5.26 Å². The van der Waals surface area contributed by atoms with E-state index in [1.54, 1.807) is 13.0 Å². The molecule has 0 saturated carbocycles. The van der Waals surface area contributed by atoms with Crippen LogP contribution in [-0.2, 0) is 9.53 Å². The topological polar surface area (TPSA) is 65.9 Å². The van der Waals surface area contributed by atoms with Crippen LogP contribution >= 0.6 is 0 Å². The summed E-state index contributed by atoms with van der Waals surface area (Å²) in [6.45, 7) is 1.97. The highest BCUT2D eigenvalue weighted by atomic mass is 19.1. The molecule has 4 nitrogen and oxygen atoms in total. The Morgan fingerprint density at radius 1 is 1.28 bits per heavy atom. The Kier molecular flexibility index (Phi) is 4.62. The Morgan fingerprint density at radius 3 is 2.72 bits per heavy atom. The second-order valence-corrected chi connectivity index (χ2v) is 5.37. The Morgan fingerprint density at radius 2 is 2.04 bits per heavy atom. The number of carbonyl (C=O) groups is 1. The number of aromatic nitrogens is 1. The van der Waals surface area contributed by atoms with Crippen LogP contribution in [0.2, 0.25) is 0 Å². The van der Waals surface area contributed by atoms with Crippen LogP contribution in [-0.4, -0.2) is 17.6 Å². The second-order valence-electron chi connectivity index (χ2n) is 5.37. The quantitative estimate of drug-likeness (QED) is 0.575. The van der Waals surface area contributed by atoms with E-state index in [-0.39, 0.29) is 12.1 Å². The molecule has 0 saturated heterocycles. The summed E-state index contributed by atoms with van der Waals surface area (Å²) >= 11 is 0. The van der Waals surface area contributed by atoms with Gasteiger partial charge in [0.2, 0.25) is 0 Å². The first-order chi connectivity index (χ1) is 12.1. The molecule has 0 radical (unpaired) electrons. The van der Waals surface area contributed by atoms with E-state index in [9.17, 15) is 14.4 Å². The summed E-state index contributed by atoms with van der Waals surface area (Å²) in [4.78, 5) is 14.7. The molecule has 0 spiro atoms. The molecule has 1 aromatic heterocycles. The number of carbonyl (C=O) groups excluding carboxylic acids is 1. The van der Waals surface area contributed by atoms with Gasteiger partial charge in [-0.2, -0.15) is 5.26 Å². The van der Waals surface area contributed by atoms with Crippen LogP contribution in [0.15, 0.2) is 54.7 Å². The fourth-order valence-corrected chi connectivity index (χ4v) is 2.69. The van der Waals surface area contributed by atoms with E-state index < -0.39 is 11.8 Å². The molecule has 0 bridgehead atoms. The van der Waals surface area contributed by atoms with Gasteiger partial charge in [0.05, 0.1) is 17.7 Å². The van der Waals surface area contributed by atoms with Crippen molar-refractivity contribution in [3.8, 4) is 6.07 Å². The number of nitrogens with one attached hydrogen (secondary N) is 1. The van der Waals surface area contributed by atoms with Gasteiger partial charge in [0.1, 0.15) is 11.9 Å². The van der Waals surface area contributed by atoms with Crippen LogP contribution in [0.3, 0.4) is 0 Å². The molecule has 1 N–H and O–H groups in total. The van der Waals surface area contributed by atoms with Crippen molar-refractivity contribution < 1.29 is 13.9 Å². The Hall–Kier alpha value is -3.39. The molecule has 0 aliphatic rings. The minimum absolute atomic E-state index is 0.251. The largest absolute Gasteiger partial charge is 0.463 e. The lowest BCUT2D eigenvalue weighted by Gasteiger charge is -2.10. The van der Waals surface area contributed by atoms with Gasteiger partial charge in [0, 0.05) is 17.7 Å². The summed E-state index contributed by atoms with van der Waals surface area (Å²) < 4.78 is 19.5. The molecule has 25 heavy (non-hydrogen) atoms. The summed E-state index contributed by atoms with van der Waals surface area (Å²) in [5.41, 5.74) is 2.40. The van der Waals surface area contributed by atoms with Crippen LogP contribution in [0.5, 0.6) is 0 Å². The van der Waals surface area contributed by atoms with Crippen molar-refractivity contribution in [1.82, 2.24) is 4.98 Å². The van der Waals surface area contributed by atoms with Gasteiger partial charge in [-0.15, -0.1) is 0 Å². The van der Waals surface area contributed by atoms with Gasteiger partial charge in [-0.1, -0.05) is 30.3 Å². The van der Waals surface area contributed by atoms with Gasteiger partial charge < -0.3 is 9.72 Å². The molecule has 2 aromatic carbocycles. The first kappa shape index (κ1) is 16.5. The maximum atomic E-state index is 14.5. The third-order valence-corrected chi connectivity index (χ3v) is 3.81. The predicted molar refractivity (Wildman–Crippen MR) is 93.1 cm³/mol. The number of rotatable bonds is 4. The van der Waals surface area contributed by atoms with E-state index in [0.29, 0.717) is 22.1 Å². The van der Waals surface area contributed by atoms with Gasteiger partial charge in [-0.05, 0) is 35.8 Å². The number of hydrogen-bond donors (Lipinski definition) is 1. The fourth-order valence-electron chi connectivity index (χ4n) is 2.69. The molecule has 0 aliphatic heterocycles. The van der Waals surface area contributed by atoms with E-state index in [1.165, 1.54) is 18.3 Å². The van der Waals surface area contributed by atoms with Crippen LogP contribution in [0, 0.1) is 17.1 Å². The number of hydrogen-bond acceptors (Lipinski definition) is 3. The number of H-pyrrole nitrogens is 1. The number of benzene rings is 2. The lowest BCUT2D eigenvalue weighted by Crippen LogP contribution is -2.02. The first-order valence-corrected chi connectivity index (χ1v) is 7.79. The average Bonchev–Trinajstić information content (AvgIpc) is 3.04. The van der Waals surface area contributed by atoms with Gasteiger partial charge in [0.25, 0.3) is 0 Å². The number of ether oxygens (including phenoxy) is 1. The monoisotopic (exact) mass is 334 g/mol. The van der Waals surface area contributed by atoms with Crippen molar-refractivity contribution in [2.45, 2.75) is 6.92 Å². The van der Waals surface area contributed by atoms with Crippen molar-refractivity contribution in [3.05, 3.63) is 77.2 Å². The molecule has 1 heterocycles. The minimum Gasteiger partial charge on any atom is -0.463 e. The third kappa shape index (κ3) is 3.29. The molecule has 124 valence electrons. The highest BCUT2D eigenvalue weighted by molar-refractivity contribution is 5.98. The summed E-state index contributed by atoms with van der Waals surface area (Å²) in [5, 5.41) is 9.67. The lowest BCUT2D eigenvalue weighted by atomic mass is 9.96. The Bertz CT molecular complexity index is 998. The predicted octanol–water partition coefficient (Wildman–Crippen LogP) is 4.17. The number of aromatic amines is 1. The third-order valence-electron chi connectivity index (χ3n) is 3.81. The van der Waals surface area contributed by atoms with E-state index in [4.69, 9.17) is 4.74 Å². The summed E-state index contributed by atoms with van der Waals surface area (Å²) in [5.74, 6) is -0.990. The highest BCUT2D eigenvalue weighted by Gasteiger charge is 2.14. The summed E-state index contributed by atoms with van der Waals surface area (Å²) in [6, 6.07) is 14.3. The zero-order valence-corrected chi connectivity index (χ0v) is 13.5. The zero-order chi connectivity index (χ0) is 17.8. The van der Waals surface area contributed by atoms with Crippen LogP contribution in [0.1, 0.15) is 23.6 Å². The molecule has 0 amide bonds. The molecule has 3 aromatic rings. The first-order valence-electron chi connectivity index (χ1n) is 7.79. The van der Waals surface area contributed by atoms with E-state index in [1.807, 2.05) is 36.4 Å². The molecule has 0 fully saturated rings. The van der Waals surface area contributed by atoms with Crippen molar-refractivity contribution in [3.63, 3.8) is 0 Å². The van der Waals surface area contributed by atoms with E-state index in [0.717, 1.165) is 5.56 Å². The maximum Gasteiger partial charge on any atom is 0.331 e. The SMILES string of the molecule is CCOC(=O)/C=C(\c1ccccc1)c1cc(F)c2[nH]cc(C#N)c2c1. The average molecular weight is 334 g/mol. The molecular weight excluding hydrogens is 319 g/mol. The number of halogens is 1. The summed E-state index contributed by atoms with van der Waals surface area (Å²) in [7, 11) is 0. The minimum atomic E-state index is -0.503. The molecule has 3 rings (SSSR count). The highest BCUT2D eigenvalue weighted by Crippen LogP contribution is 2.29. The standard InChI is InChI=1S/C20H15FN2O2/c1-2-25-19(24)10-16(13-6-4-3-5-7-13)14-8-17-15(11-22)12-23-20(17)18(21)9-14/h3-10,12,23H,2H2,1H3/b16-10+. The second kappa shape index (κ2) is 7.02. The number of esters is 1. The van der Waals surface area contributed by atoms with E-state index in [2.05, 4.69) is 4.98 Å². The Balaban J connectivity index is 2.21. The molecule has 0 aliphatic carbocycles. The van der Waals surface area contributed by atoms with Crippen molar-refractivity contribution >= 4 is 22.4 Å².